The lowest BCUT2D eigenvalue weighted by molar-refractivity contribution is 0.639. The van der Waals surface area contributed by atoms with Crippen LogP contribution in [0.4, 0.5) is 4.39 Å². The van der Waals surface area contributed by atoms with Crippen molar-refractivity contribution in [3.63, 3.8) is 0 Å². The number of aromatic amines is 1. The molecule has 0 unspecified atom stereocenters. The second kappa shape index (κ2) is 2.20. The summed E-state index contributed by atoms with van der Waals surface area (Å²) in [5.41, 5.74) is 0.548. The normalized spacial score (nSPS) is 10.7. The summed E-state index contributed by atoms with van der Waals surface area (Å²) >= 11 is 5.66. The Hall–Kier alpha value is -1.09. The van der Waals surface area contributed by atoms with Crippen LogP contribution in [0.1, 0.15) is 0 Å². The largest absolute Gasteiger partial charge is 0.356 e. The van der Waals surface area contributed by atoms with E-state index in [1.807, 2.05) is 0 Å². The molecule has 0 saturated heterocycles. The number of halogens is 2. The number of pyridine rings is 1. The summed E-state index contributed by atoms with van der Waals surface area (Å²) in [5, 5.41) is 0.774. The minimum atomic E-state index is -0.302. The number of nitrogens with zero attached hydrogens (tertiary/aromatic N) is 1. The van der Waals surface area contributed by atoms with Crippen molar-refractivity contribution >= 4 is 22.5 Å². The first-order valence-electron chi connectivity index (χ1n) is 3.06. The Balaban J connectivity index is 2.94. The monoisotopic (exact) mass is 170 g/mol. The highest BCUT2D eigenvalue weighted by Crippen LogP contribution is 2.21. The topological polar surface area (TPSA) is 28.7 Å². The first-order valence-corrected chi connectivity index (χ1v) is 3.44. The quantitative estimate of drug-likeness (QED) is 0.604. The fraction of sp³-hybridized carbons (Fsp3) is 0. The van der Waals surface area contributed by atoms with Crippen LogP contribution in [0.25, 0.3) is 10.9 Å². The average molecular weight is 171 g/mol. The number of aromatic nitrogens is 2. The van der Waals surface area contributed by atoms with E-state index in [1.54, 1.807) is 6.07 Å². The highest BCUT2D eigenvalue weighted by Gasteiger charge is 2.04. The highest BCUT2D eigenvalue weighted by molar-refractivity contribution is 6.33. The van der Waals surface area contributed by atoms with Gasteiger partial charge in [-0.2, -0.15) is 0 Å². The minimum Gasteiger partial charge on any atom is -0.356 e. The van der Waals surface area contributed by atoms with Gasteiger partial charge in [-0.05, 0) is 6.07 Å². The molecule has 0 amide bonds. The Kier molecular flexibility index (Phi) is 1.32. The second-order valence-electron chi connectivity index (χ2n) is 2.16. The van der Waals surface area contributed by atoms with Gasteiger partial charge in [0.25, 0.3) is 0 Å². The molecule has 1 N–H and O–H groups in total. The Morgan fingerprint density at radius 3 is 3.09 bits per heavy atom. The van der Waals surface area contributed by atoms with Crippen molar-refractivity contribution in [1.29, 1.82) is 0 Å². The zero-order valence-corrected chi connectivity index (χ0v) is 6.19. The van der Waals surface area contributed by atoms with Gasteiger partial charge in [0, 0.05) is 17.8 Å². The summed E-state index contributed by atoms with van der Waals surface area (Å²) in [6, 6.07) is 1.58. The zero-order valence-electron chi connectivity index (χ0n) is 5.44. The fourth-order valence-electron chi connectivity index (χ4n) is 0.986. The molecular weight excluding hydrogens is 167 g/mol. The molecule has 4 heteroatoms. The van der Waals surface area contributed by atoms with E-state index in [2.05, 4.69) is 9.97 Å². The molecule has 0 saturated carbocycles. The van der Waals surface area contributed by atoms with Crippen LogP contribution in [-0.2, 0) is 0 Å². The van der Waals surface area contributed by atoms with Crippen molar-refractivity contribution in [2.45, 2.75) is 0 Å². The summed E-state index contributed by atoms with van der Waals surface area (Å²) in [5.74, 6) is -0.302. The molecule has 0 aliphatic rings. The first kappa shape index (κ1) is 6.61. The standard InChI is InChI=1S/C7H4ClFN2/c8-7-6-4(1-2-10-7)5(9)3-11-6/h1-3,11H. The molecule has 0 aliphatic carbocycles. The predicted molar refractivity (Wildman–Crippen MR) is 41.1 cm³/mol. The third kappa shape index (κ3) is 0.886. The van der Waals surface area contributed by atoms with Gasteiger partial charge in [-0.3, -0.25) is 0 Å². The van der Waals surface area contributed by atoms with Crippen molar-refractivity contribution in [1.82, 2.24) is 9.97 Å². The summed E-state index contributed by atoms with van der Waals surface area (Å²) < 4.78 is 12.8. The first-order chi connectivity index (χ1) is 5.29. The van der Waals surface area contributed by atoms with Crippen molar-refractivity contribution in [3.05, 3.63) is 29.4 Å². The lowest BCUT2D eigenvalue weighted by Gasteiger charge is -1.89. The van der Waals surface area contributed by atoms with Gasteiger partial charge in [0.15, 0.2) is 5.15 Å². The molecule has 2 rings (SSSR count). The van der Waals surface area contributed by atoms with E-state index in [0.717, 1.165) is 0 Å². The fourth-order valence-corrected chi connectivity index (χ4v) is 1.20. The molecule has 0 fully saturated rings. The molecule has 0 spiro atoms. The number of nitrogens with one attached hydrogen (secondary N) is 1. The molecule has 0 aliphatic heterocycles. The van der Waals surface area contributed by atoms with Crippen LogP contribution in [0, 0.1) is 5.82 Å². The van der Waals surface area contributed by atoms with Crippen LogP contribution in [0.15, 0.2) is 18.5 Å². The van der Waals surface area contributed by atoms with E-state index >= 15 is 0 Å². The molecule has 0 atom stereocenters. The summed E-state index contributed by atoms with van der Waals surface area (Å²) in [7, 11) is 0. The number of fused-ring (bicyclic) bond motifs is 1. The van der Waals surface area contributed by atoms with Gasteiger partial charge in [0.1, 0.15) is 5.82 Å². The molecule has 2 aromatic rings. The highest BCUT2D eigenvalue weighted by atomic mass is 35.5. The molecule has 0 radical (unpaired) electrons. The van der Waals surface area contributed by atoms with Gasteiger partial charge in [-0.25, -0.2) is 9.37 Å². The van der Waals surface area contributed by atoms with Crippen LogP contribution in [0.5, 0.6) is 0 Å². The Bertz CT molecular complexity index is 396. The maximum atomic E-state index is 12.8. The molecular formula is C7H4ClFN2. The zero-order chi connectivity index (χ0) is 7.84. The summed E-state index contributed by atoms with van der Waals surface area (Å²) in [4.78, 5) is 6.47. The molecule has 56 valence electrons. The van der Waals surface area contributed by atoms with E-state index in [0.29, 0.717) is 16.1 Å². The van der Waals surface area contributed by atoms with E-state index in [-0.39, 0.29) is 5.82 Å². The maximum absolute atomic E-state index is 12.8. The molecule has 2 nitrogen and oxygen atoms in total. The van der Waals surface area contributed by atoms with Crippen molar-refractivity contribution in [2.24, 2.45) is 0 Å². The molecule has 0 aromatic carbocycles. The SMILES string of the molecule is Fc1c[nH]c2c(Cl)nccc12. The Morgan fingerprint density at radius 1 is 1.55 bits per heavy atom. The van der Waals surface area contributed by atoms with Crippen LogP contribution >= 0.6 is 11.6 Å². The number of hydrogen-bond acceptors (Lipinski definition) is 1. The second-order valence-corrected chi connectivity index (χ2v) is 2.52. The Morgan fingerprint density at radius 2 is 2.36 bits per heavy atom. The molecule has 0 bridgehead atoms. The van der Waals surface area contributed by atoms with E-state index in [4.69, 9.17) is 11.6 Å². The van der Waals surface area contributed by atoms with Gasteiger partial charge < -0.3 is 4.98 Å². The lowest BCUT2D eigenvalue weighted by Crippen LogP contribution is -1.75. The smallest absolute Gasteiger partial charge is 0.153 e. The van der Waals surface area contributed by atoms with Crippen molar-refractivity contribution in [3.8, 4) is 0 Å². The molecule has 2 aromatic heterocycles. The van der Waals surface area contributed by atoms with Gasteiger partial charge in [-0.15, -0.1) is 0 Å². The van der Waals surface area contributed by atoms with Crippen molar-refractivity contribution in [2.75, 3.05) is 0 Å². The van der Waals surface area contributed by atoms with Gasteiger partial charge in [0.2, 0.25) is 0 Å². The van der Waals surface area contributed by atoms with Crippen LogP contribution < -0.4 is 0 Å². The van der Waals surface area contributed by atoms with Gasteiger partial charge >= 0.3 is 0 Å². The Labute approximate surface area is 67.0 Å². The van der Waals surface area contributed by atoms with E-state index in [1.165, 1.54) is 12.4 Å². The van der Waals surface area contributed by atoms with Crippen molar-refractivity contribution < 1.29 is 4.39 Å². The van der Waals surface area contributed by atoms with Gasteiger partial charge in [-0.1, -0.05) is 11.6 Å². The lowest BCUT2D eigenvalue weighted by atomic mass is 10.3. The molecule has 2 heterocycles. The average Bonchev–Trinajstić information content (AvgIpc) is 2.35. The summed E-state index contributed by atoms with van der Waals surface area (Å²) in [6.07, 6.45) is 2.74. The van der Waals surface area contributed by atoms with Gasteiger partial charge in [0.05, 0.1) is 5.52 Å². The maximum Gasteiger partial charge on any atom is 0.153 e. The van der Waals surface area contributed by atoms with E-state index < -0.39 is 0 Å². The number of rotatable bonds is 0. The number of hydrogen-bond donors (Lipinski definition) is 1. The predicted octanol–water partition coefficient (Wildman–Crippen LogP) is 2.36. The minimum absolute atomic E-state index is 0.298. The third-order valence-corrected chi connectivity index (χ3v) is 1.79. The van der Waals surface area contributed by atoms with Crippen LogP contribution in [-0.4, -0.2) is 9.97 Å². The number of H-pyrrole nitrogens is 1. The van der Waals surface area contributed by atoms with Crippen LogP contribution in [0.3, 0.4) is 0 Å². The van der Waals surface area contributed by atoms with Crippen LogP contribution in [0.2, 0.25) is 5.15 Å². The third-order valence-electron chi connectivity index (χ3n) is 1.51. The molecule has 11 heavy (non-hydrogen) atoms. The summed E-state index contributed by atoms with van der Waals surface area (Å²) in [6.45, 7) is 0. The van der Waals surface area contributed by atoms with E-state index in [9.17, 15) is 4.39 Å².